The van der Waals surface area contributed by atoms with Crippen molar-refractivity contribution in [3.63, 3.8) is 0 Å². The van der Waals surface area contributed by atoms with Crippen LogP contribution >= 0.6 is 0 Å². The third-order valence-corrected chi connectivity index (χ3v) is 9.95. The van der Waals surface area contributed by atoms with Crippen LogP contribution in [-0.4, -0.2) is 34.0 Å². The number of imidazole rings is 1. The summed E-state index contributed by atoms with van der Waals surface area (Å²) in [4.78, 5) is 4.21. The molecule has 8 atom stereocenters. The summed E-state index contributed by atoms with van der Waals surface area (Å²) in [5.74, 6) is 4.83. The Morgan fingerprint density at radius 2 is 1.97 bits per heavy atom. The van der Waals surface area contributed by atoms with Crippen LogP contribution in [0.2, 0.25) is 0 Å². The fourth-order valence-electron chi connectivity index (χ4n) is 8.76. The van der Waals surface area contributed by atoms with Crippen LogP contribution in [-0.2, 0) is 11.3 Å². The SMILES string of the molecule is C=C(Cn1ccnc1)[C@H]1CC[C@H]2[C@@H]3CC[C@H]4C[C@](O)(COC)CC[C@@H]4[C@H]3CC[C@]12C. The molecule has 0 radical (unpaired) electrons. The van der Waals surface area contributed by atoms with Crippen molar-refractivity contribution in [2.75, 3.05) is 13.7 Å². The average molecular weight is 413 g/mol. The van der Waals surface area contributed by atoms with Crippen LogP contribution in [0.25, 0.3) is 0 Å². The van der Waals surface area contributed by atoms with Gasteiger partial charge in [-0.15, -0.1) is 0 Å². The second kappa shape index (κ2) is 7.78. The lowest BCUT2D eigenvalue weighted by molar-refractivity contribution is -0.123. The van der Waals surface area contributed by atoms with Gasteiger partial charge < -0.3 is 14.4 Å². The highest BCUT2D eigenvalue weighted by molar-refractivity contribution is 5.16. The van der Waals surface area contributed by atoms with Gasteiger partial charge in [0.25, 0.3) is 0 Å². The van der Waals surface area contributed by atoms with E-state index in [0.717, 1.165) is 43.1 Å². The third-order valence-electron chi connectivity index (χ3n) is 9.95. The molecule has 0 saturated heterocycles. The first-order chi connectivity index (χ1) is 14.4. The predicted octanol–water partition coefficient (Wildman–Crippen LogP) is 5.09. The Morgan fingerprint density at radius 1 is 1.13 bits per heavy atom. The highest BCUT2D eigenvalue weighted by Gasteiger charge is 2.58. The van der Waals surface area contributed by atoms with Gasteiger partial charge in [0.1, 0.15) is 0 Å². The van der Waals surface area contributed by atoms with Gasteiger partial charge in [-0.1, -0.05) is 19.1 Å². The molecule has 4 aliphatic carbocycles. The number of allylic oxidation sites excluding steroid dienone is 1. The zero-order valence-corrected chi connectivity index (χ0v) is 18.9. The minimum absolute atomic E-state index is 0.428. The molecule has 0 spiro atoms. The topological polar surface area (TPSA) is 47.3 Å². The van der Waals surface area contributed by atoms with E-state index >= 15 is 0 Å². The quantitative estimate of drug-likeness (QED) is 0.686. The normalized spacial score (nSPS) is 45.4. The molecular weight excluding hydrogens is 372 g/mol. The van der Waals surface area contributed by atoms with Crippen LogP contribution in [0, 0.1) is 40.9 Å². The van der Waals surface area contributed by atoms with Crippen LogP contribution in [0.5, 0.6) is 0 Å². The number of hydrogen-bond acceptors (Lipinski definition) is 3. The van der Waals surface area contributed by atoms with Crippen molar-refractivity contribution < 1.29 is 9.84 Å². The maximum atomic E-state index is 11.0. The van der Waals surface area contributed by atoms with Gasteiger partial charge in [0.2, 0.25) is 0 Å². The number of methoxy groups -OCH3 is 1. The number of fused-ring (bicyclic) bond motifs is 5. The number of ether oxygens (including phenoxy) is 1. The Bertz CT molecular complexity index is 761. The van der Waals surface area contributed by atoms with E-state index in [1.54, 1.807) is 7.11 Å². The van der Waals surface area contributed by atoms with E-state index in [0.29, 0.717) is 23.9 Å². The zero-order valence-electron chi connectivity index (χ0n) is 18.9. The molecule has 4 fully saturated rings. The van der Waals surface area contributed by atoms with Crippen LogP contribution in [0.3, 0.4) is 0 Å². The molecule has 4 saturated carbocycles. The monoisotopic (exact) mass is 412 g/mol. The minimum atomic E-state index is -0.574. The van der Waals surface area contributed by atoms with E-state index in [-0.39, 0.29) is 0 Å². The van der Waals surface area contributed by atoms with Gasteiger partial charge in [-0.2, -0.15) is 0 Å². The van der Waals surface area contributed by atoms with Crippen molar-refractivity contribution in [1.29, 1.82) is 0 Å². The van der Waals surface area contributed by atoms with E-state index in [2.05, 4.69) is 29.3 Å². The zero-order chi connectivity index (χ0) is 20.9. The van der Waals surface area contributed by atoms with E-state index < -0.39 is 5.60 Å². The minimum Gasteiger partial charge on any atom is -0.387 e. The van der Waals surface area contributed by atoms with Crippen molar-refractivity contribution in [2.24, 2.45) is 40.9 Å². The Labute approximate surface area is 182 Å². The molecule has 1 aromatic rings. The molecule has 4 heteroatoms. The van der Waals surface area contributed by atoms with Gasteiger partial charge in [-0.3, -0.25) is 0 Å². The molecule has 0 aliphatic heterocycles. The summed E-state index contributed by atoms with van der Waals surface area (Å²) < 4.78 is 7.53. The molecule has 5 rings (SSSR count). The molecule has 4 aliphatic rings. The smallest absolute Gasteiger partial charge is 0.0948 e. The molecule has 1 N–H and O–H groups in total. The van der Waals surface area contributed by atoms with E-state index in [1.165, 1.54) is 50.5 Å². The summed E-state index contributed by atoms with van der Waals surface area (Å²) in [6.07, 6.45) is 17.1. The fraction of sp³-hybridized carbons (Fsp3) is 0.808. The van der Waals surface area contributed by atoms with Crippen molar-refractivity contribution in [3.8, 4) is 0 Å². The summed E-state index contributed by atoms with van der Waals surface area (Å²) in [6.45, 7) is 8.58. The first-order valence-electron chi connectivity index (χ1n) is 12.3. The molecule has 0 bridgehead atoms. The van der Waals surface area contributed by atoms with Crippen molar-refractivity contribution in [2.45, 2.75) is 76.9 Å². The largest absolute Gasteiger partial charge is 0.387 e. The lowest BCUT2D eigenvalue weighted by Crippen LogP contribution is -2.52. The van der Waals surface area contributed by atoms with Crippen LogP contribution in [0.4, 0.5) is 0 Å². The van der Waals surface area contributed by atoms with Gasteiger partial charge >= 0.3 is 0 Å². The Morgan fingerprint density at radius 3 is 2.73 bits per heavy atom. The molecule has 0 aromatic carbocycles. The van der Waals surface area contributed by atoms with Gasteiger partial charge in [-0.05, 0) is 98.7 Å². The lowest BCUT2D eigenvalue weighted by Gasteiger charge is -2.57. The second-order valence-corrected chi connectivity index (χ2v) is 11.4. The number of rotatable bonds is 5. The predicted molar refractivity (Wildman–Crippen MR) is 119 cm³/mol. The summed E-state index contributed by atoms with van der Waals surface area (Å²) in [5.41, 5.74) is 1.26. The summed E-state index contributed by atoms with van der Waals surface area (Å²) >= 11 is 0. The van der Waals surface area contributed by atoms with E-state index in [1.807, 2.05) is 12.5 Å². The van der Waals surface area contributed by atoms with Gasteiger partial charge in [0.05, 0.1) is 18.5 Å². The third kappa shape index (κ3) is 3.39. The first-order valence-corrected chi connectivity index (χ1v) is 12.3. The fourth-order valence-corrected chi connectivity index (χ4v) is 8.76. The Kier molecular flexibility index (Phi) is 5.38. The van der Waals surface area contributed by atoms with Gasteiger partial charge in [0, 0.05) is 26.0 Å². The Balaban J connectivity index is 1.29. The molecule has 1 heterocycles. The number of nitrogens with zero attached hydrogens (tertiary/aromatic N) is 2. The number of aliphatic hydroxyl groups is 1. The molecule has 30 heavy (non-hydrogen) atoms. The summed E-state index contributed by atoms with van der Waals surface area (Å²) in [6, 6.07) is 0. The molecule has 166 valence electrons. The molecule has 0 unspecified atom stereocenters. The molecule has 0 amide bonds. The Hall–Kier alpha value is -1.13. The highest BCUT2D eigenvalue weighted by atomic mass is 16.5. The first kappa shape index (κ1) is 20.8. The van der Waals surface area contributed by atoms with Crippen molar-refractivity contribution >= 4 is 0 Å². The molecule has 4 nitrogen and oxygen atoms in total. The van der Waals surface area contributed by atoms with Crippen molar-refractivity contribution in [3.05, 3.63) is 30.9 Å². The molecular formula is C26H40N2O2. The summed E-state index contributed by atoms with van der Waals surface area (Å²) in [5, 5.41) is 11.0. The number of aromatic nitrogens is 2. The lowest BCUT2D eigenvalue weighted by atomic mass is 9.48. The number of hydrogen-bond donors (Lipinski definition) is 1. The van der Waals surface area contributed by atoms with Crippen LogP contribution in [0.1, 0.15) is 64.7 Å². The van der Waals surface area contributed by atoms with Gasteiger partial charge in [-0.25, -0.2) is 4.98 Å². The summed E-state index contributed by atoms with van der Waals surface area (Å²) in [7, 11) is 1.72. The van der Waals surface area contributed by atoms with Crippen LogP contribution < -0.4 is 0 Å². The standard InChI is InChI=1S/C26H40N2O2/c1-18(15-28-13-12-27-17-28)23-6-7-24-22-5-4-19-14-26(29,16-30-3)11-9-20(19)21(22)8-10-25(23,24)2/h12-13,17,19-24,29H,1,4-11,14-16H2,2-3H3/t19-,20-,21+,22+,23+,24-,25+,26-/m0/s1. The second-order valence-electron chi connectivity index (χ2n) is 11.4. The van der Waals surface area contributed by atoms with Gasteiger partial charge in [0.15, 0.2) is 0 Å². The average Bonchev–Trinajstić information content (AvgIpc) is 3.34. The maximum Gasteiger partial charge on any atom is 0.0948 e. The van der Waals surface area contributed by atoms with Crippen molar-refractivity contribution in [1.82, 2.24) is 9.55 Å². The van der Waals surface area contributed by atoms with E-state index in [9.17, 15) is 5.11 Å². The van der Waals surface area contributed by atoms with E-state index in [4.69, 9.17) is 4.74 Å². The highest BCUT2D eigenvalue weighted by Crippen LogP contribution is 2.65. The maximum absolute atomic E-state index is 11.0. The molecule has 1 aromatic heterocycles. The van der Waals surface area contributed by atoms with Crippen LogP contribution in [0.15, 0.2) is 30.9 Å².